The fourth-order valence-electron chi connectivity index (χ4n) is 2.46. The van der Waals surface area contributed by atoms with Crippen molar-refractivity contribution in [1.29, 1.82) is 0 Å². The van der Waals surface area contributed by atoms with Gasteiger partial charge in [-0.1, -0.05) is 30.3 Å². The largest absolute Gasteiger partial charge is 0.790 e. The highest BCUT2D eigenvalue weighted by Gasteiger charge is 2.11. The molecular weight excluding hydrogens is 355 g/mol. The second-order valence-electron chi connectivity index (χ2n) is 5.64. The van der Waals surface area contributed by atoms with Gasteiger partial charge in [0.2, 0.25) is 0 Å². The van der Waals surface area contributed by atoms with E-state index in [2.05, 4.69) is 14.5 Å². The van der Waals surface area contributed by atoms with Crippen molar-refractivity contribution < 1.29 is 24.0 Å². The maximum Gasteiger partial charge on any atom is 0.145 e. The molecule has 8 heteroatoms. The summed E-state index contributed by atoms with van der Waals surface area (Å²) in [6, 6.07) is 13.4. The molecule has 0 radical (unpaired) electrons. The normalized spacial score (nSPS) is 12.1. The van der Waals surface area contributed by atoms with E-state index < -0.39 is 14.4 Å². The number of rotatable bonds is 5. The molecule has 1 aromatic heterocycles. The Bertz CT molecular complexity index is 1030. The van der Waals surface area contributed by atoms with Gasteiger partial charge in [-0.15, -0.1) is 0 Å². The van der Waals surface area contributed by atoms with Crippen molar-refractivity contribution in [3.8, 4) is 5.75 Å². The minimum atomic E-state index is -5.14. The molecule has 0 aliphatic heterocycles. The van der Waals surface area contributed by atoms with E-state index in [4.69, 9.17) is 0 Å². The molecule has 134 valence electrons. The molecule has 3 rings (SSSR count). The summed E-state index contributed by atoms with van der Waals surface area (Å²) < 4.78 is 15.0. The van der Waals surface area contributed by atoms with Crippen molar-refractivity contribution >= 4 is 30.5 Å². The molecule has 0 amide bonds. The standard InChI is InChI=1S/C18H17N2O5P/c1-12-18(21)17(15(9-19-12)11-25-26(22,23)24)10-20-16-7-6-13-4-2-3-5-14(13)8-16/h2-10,21H,11H2,1H3,(H2,22,23,24)/p-2. The number of fused-ring (bicyclic) bond motifs is 1. The number of aromatic nitrogens is 1. The number of benzene rings is 2. The van der Waals surface area contributed by atoms with Gasteiger partial charge >= 0.3 is 0 Å². The highest BCUT2D eigenvalue weighted by molar-refractivity contribution is 7.43. The zero-order chi connectivity index (χ0) is 18.7. The minimum Gasteiger partial charge on any atom is -0.790 e. The van der Waals surface area contributed by atoms with Crippen LogP contribution in [0.3, 0.4) is 0 Å². The van der Waals surface area contributed by atoms with Crippen LogP contribution >= 0.6 is 7.82 Å². The Labute approximate surface area is 149 Å². The Morgan fingerprint density at radius 2 is 1.96 bits per heavy atom. The van der Waals surface area contributed by atoms with Crippen LogP contribution in [0.5, 0.6) is 5.75 Å². The topological polar surface area (TPSA) is 118 Å². The lowest BCUT2D eigenvalue weighted by Crippen LogP contribution is -2.16. The van der Waals surface area contributed by atoms with Gasteiger partial charge in [0.05, 0.1) is 25.8 Å². The Balaban J connectivity index is 1.95. The molecule has 0 aliphatic rings. The molecule has 0 saturated heterocycles. The van der Waals surface area contributed by atoms with Gasteiger partial charge in [-0.05, 0) is 29.8 Å². The Hall–Kier alpha value is -2.57. The zero-order valence-corrected chi connectivity index (χ0v) is 14.7. The number of hydrogen-bond acceptors (Lipinski definition) is 7. The van der Waals surface area contributed by atoms with E-state index in [0.29, 0.717) is 11.4 Å². The molecule has 3 aromatic rings. The van der Waals surface area contributed by atoms with Crippen molar-refractivity contribution in [3.05, 3.63) is 65.5 Å². The van der Waals surface area contributed by atoms with Crippen molar-refractivity contribution in [3.63, 3.8) is 0 Å². The fraction of sp³-hybridized carbons (Fsp3) is 0.111. The lowest BCUT2D eigenvalue weighted by molar-refractivity contribution is -0.342. The predicted octanol–water partition coefficient (Wildman–Crippen LogP) is 2.34. The number of pyridine rings is 1. The van der Waals surface area contributed by atoms with Gasteiger partial charge in [-0.3, -0.25) is 9.98 Å². The lowest BCUT2D eigenvalue weighted by Gasteiger charge is -2.28. The van der Waals surface area contributed by atoms with E-state index in [0.717, 1.165) is 10.8 Å². The number of hydrogen-bond donors (Lipinski definition) is 1. The maximum absolute atomic E-state index is 10.7. The van der Waals surface area contributed by atoms with Crippen molar-refractivity contribution in [2.45, 2.75) is 13.5 Å². The molecule has 0 bridgehead atoms. The molecule has 0 spiro atoms. The van der Waals surface area contributed by atoms with Gasteiger partial charge < -0.3 is 24.0 Å². The molecule has 0 saturated carbocycles. The van der Waals surface area contributed by atoms with Gasteiger partial charge in [0.15, 0.2) is 0 Å². The highest BCUT2D eigenvalue weighted by atomic mass is 31.2. The van der Waals surface area contributed by atoms with E-state index in [9.17, 15) is 19.5 Å². The van der Waals surface area contributed by atoms with E-state index in [1.165, 1.54) is 12.4 Å². The van der Waals surface area contributed by atoms with Crippen LogP contribution in [-0.2, 0) is 15.7 Å². The number of aromatic hydroxyl groups is 1. The third kappa shape index (κ3) is 4.33. The summed E-state index contributed by atoms with van der Waals surface area (Å²) in [6.45, 7) is 1.07. The van der Waals surface area contributed by atoms with Crippen molar-refractivity contribution in [2.75, 3.05) is 0 Å². The van der Waals surface area contributed by atoms with Crippen LogP contribution in [0.1, 0.15) is 16.8 Å². The summed E-state index contributed by atoms with van der Waals surface area (Å²) in [5.41, 5.74) is 1.49. The average Bonchev–Trinajstić information content (AvgIpc) is 2.61. The number of aliphatic imine (C=N–C) groups is 1. The second-order valence-corrected chi connectivity index (χ2v) is 6.79. The molecule has 1 N–H and O–H groups in total. The molecular formula is C18H15N2O5P-2. The third-order valence-corrected chi connectivity index (χ3v) is 4.26. The first-order chi connectivity index (χ1) is 12.3. The van der Waals surface area contributed by atoms with Gasteiger partial charge in [0, 0.05) is 23.5 Å². The van der Waals surface area contributed by atoms with Crippen LogP contribution in [0.15, 0.2) is 53.7 Å². The maximum atomic E-state index is 10.7. The Kier molecular flexibility index (Phi) is 5.15. The molecule has 1 heterocycles. The molecule has 0 atom stereocenters. The first kappa shape index (κ1) is 18.2. The van der Waals surface area contributed by atoms with Crippen LogP contribution in [0.25, 0.3) is 10.8 Å². The Morgan fingerprint density at radius 1 is 1.23 bits per heavy atom. The SMILES string of the molecule is Cc1ncc(COP(=O)([O-])[O-])c(C=Nc2ccc3ccccc3c2)c1O. The third-order valence-electron chi connectivity index (χ3n) is 3.81. The summed E-state index contributed by atoms with van der Waals surface area (Å²) in [7, 11) is -5.14. The molecule has 2 aromatic carbocycles. The van der Waals surface area contributed by atoms with Crippen molar-refractivity contribution in [1.82, 2.24) is 4.98 Å². The summed E-state index contributed by atoms with van der Waals surface area (Å²) >= 11 is 0. The summed E-state index contributed by atoms with van der Waals surface area (Å²) in [5, 5.41) is 12.3. The highest BCUT2D eigenvalue weighted by Crippen LogP contribution is 2.30. The quantitative estimate of drug-likeness (QED) is 0.544. The Morgan fingerprint density at radius 3 is 2.69 bits per heavy atom. The first-order valence-electron chi connectivity index (χ1n) is 7.70. The van der Waals surface area contributed by atoms with Crippen molar-refractivity contribution in [2.24, 2.45) is 4.99 Å². The fourth-order valence-corrected chi connectivity index (χ4v) is 2.75. The van der Waals surface area contributed by atoms with E-state index in [1.807, 2.05) is 42.5 Å². The molecule has 7 nitrogen and oxygen atoms in total. The van der Waals surface area contributed by atoms with E-state index >= 15 is 0 Å². The monoisotopic (exact) mass is 370 g/mol. The second kappa shape index (κ2) is 7.35. The first-order valence-corrected chi connectivity index (χ1v) is 9.16. The molecule has 0 aliphatic carbocycles. The van der Waals surface area contributed by atoms with Gasteiger partial charge in [0.1, 0.15) is 5.75 Å². The predicted molar refractivity (Wildman–Crippen MR) is 94.2 cm³/mol. The number of aryl methyl sites for hydroxylation is 1. The number of phosphoric ester groups is 1. The van der Waals surface area contributed by atoms with E-state index in [-0.39, 0.29) is 16.9 Å². The summed E-state index contributed by atoms with van der Waals surface area (Å²) in [5.74, 6) is -0.151. The minimum absolute atomic E-state index is 0.151. The average molecular weight is 370 g/mol. The van der Waals surface area contributed by atoms with Gasteiger partial charge in [-0.2, -0.15) is 0 Å². The van der Waals surface area contributed by atoms with Gasteiger partial charge in [0.25, 0.3) is 0 Å². The van der Waals surface area contributed by atoms with Gasteiger partial charge in [-0.25, -0.2) is 0 Å². The van der Waals surface area contributed by atoms with Crippen LogP contribution in [-0.4, -0.2) is 16.3 Å². The smallest absolute Gasteiger partial charge is 0.145 e. The van der Waals surface area contributed by atoms with E-state index in [1.54, 1.807) is 6.92 Å². The number of phosphoric acid groups is 1. The van der Waals surface area contributed by atoms with Crippen LogP contribution < -0.4 is 9.79 Å². The van der Waals surface area contributed by atoms with Crippen LogP contribution in [0.2, 0.25) is 0 Å². The summed E-state index contributed by atoms with van der Waals surface area (Å²) in [4.78, 5) is 29.7. The summed E-state index contributed by atoms with van der Waals surface area (Å²) in [6.07, 6.45) is 2.74. The molecule has 0 unspecified atom stereocenters. The molecule has 0 fully saturated rings. The number of nitrogens with zero attached hydrogens (tertiary/aromatic N) is 2. The molecule has 26 heavy (non-hydrogen) atoms. The van der Waals surface area contributed by atoms with Crippen LogP contribution in [0.4, 0.5) is 5.69 Å². The van der Waals surface area contributed by atoms with Crippen LogP contribution in [0, 0.1) is 6.92 Å². The lowest BCUT2D eigenvalue weighted by atomic mass is 10.1. The zero-order valence-electron chi connectivity index (χ0n) is 13.8.